The van der Waals surface area contributed by atoms with Gasteiger partial charge < -0.3 is 9.47 Å². The van der Waals surface area contributed by atoms with Crippen molar-refractivity contribution in [3.8, 4) is 17.4 Å². The molecule has 0 atom stereocenters. The molecule has 6 nitrogen and oxygen atoms in total. The Balaban J connectivity index is 1.90. The molecule has 1 aliphatic rings. The highest BCUT2D eigenvalue weighted by atomic mass is 35.5. The van der Waals surface area contributed by atoms with Gasteiger partial charge in [0.05, 0.1) is 11.6 Å². The van der Waals surface area contributed by atoms with Crippen molar-refractivity contribution in [2.24, 2.45) is 5.92 Å². The third-order valence-electron chi connectivity index (χ3n) is 3.56. The van der Waals surface area contributed by atoms with Crippen LogP contribution in [0.15, 0.2) is 18.2 Å². The zero-order valence-electron chi connectivity index (χ0n) is 13.2. The monoisotopic (exact) mass is 369 g/mol. The van der Waals surface area contributed by atoms with Gasteiger partial charge in [0, 0.05) is 23.1 Å². The Kier molecular flexibility index (Phi) is 5.38. The molecule has 1 heterocycles. The maximum atomic E-state index is 12.5. The number of ether oxygens (including phenoxy) is 2. The average molecular weight is 370 g/mol. The SMILES string of the molecule is CCOCCOc1nc(-c2ccc(Cl)cc2Cl)n(C(=O)C2CC2)n1. The van der Waals surface area contributed by atoms with E-state index in [-0.39, 0.29) is 17.8 Å². The highest BCUT2D eigenvalue weighted by Gasteiger charge is 2.34. The summed E-state index contributed by atoms with van der Waals surface area (Å²) in [6.07, 6.45) is 1.74. The predicted molar refractivity (Wildman–Crippen MR) is 90.8 cm³/mol. The first-order chi connectivity index (χ1) is 11.6. The Morgan fingerprint density at radius 1 is 1.33 bits per heavy atom. The largest absolute Gasteiger partial charge is 0.460 e. The molecule has 0 unspecified atom stereocenters. The van der Waals surface area contributed by atoms with Gasteiger partial charge in [-0.25, -0.2) is 0 Å². The van der Waals surface area contributed by atoms with Gasteiger partial charge in [-0.3, -0.25) is 4.79 Å². The second-order valence-electron chi connectivity index (χ2n) is 5.41. The number of benzene rings is 1. The molecule has 0 N–H and O–H groups in total. The second-order valence-corrected chi connectivity index (χ2v) is 6.26. The van der Waals surface area contributed by atoms with Gasteiger partial charge in [0.25, 0.3) is 5.91 Å². The Morgan fingerprint density at radius 3 is 2.79 bits per heavy atom. The van der Waals surface area contributed by atoms with Gasteiger partial charge in [-0.2, -0.15) is 9.67 Å². The van der Waals surface area contributed by atoms with E-state index in [1.54, 1.807) is 18.2 Å². The van der Waals surface area contributed by atoms with Gasteiger partial charge in [0.2, 0.25) is 0 Å². The van der Waals surface area contributed by atoms with E-state index < -0.39 is 0 Å². The minimum atomic E-state index is -0.0943. The highest BCUT2D eigenvalue weighted by Crippen LogP contribution is 2.34. The summed E-state index contributed by atoms with van der Waals surface area (Å²) in [5.74, 6) is 0.260. The van der Waals surface area contributed by atoms with Crippen LogP contribution in [0.5, 0.6) is 6.01 Å². The van der Waals surface area contributed by atoms with Crippen molar-refractivity contribution in [2.75, 3.05) is 19.8 Å². The number of hydrogen-bond donors (Lipinski definition) is 0. The van der Waals surface area contributed by atoms with Crippen molar-refractivity contribution in [1.82, 2.24) is 14.8 Å². The normalized spacial score (nSPS) is 14.0. The summed E-state index contributed by atoms with van der Waals surface area (Å²) in [6.45, 7) is 3.25. The van der Waals surface area contributed by atoms with Crippen LogP contribution in [0.4, 0.5) is 0 Å². The van der Waals surface area contributed by atoms with E-state index >= 15 is 0 Å². The van der Waals surface area contributed by atoms with Crippen molar-refractivity contribution in [1.29, 1.82) is 0 Å². The van der Waals surface area contributed by atoms with Crippen LogP contribution in [-0.2, 0) is 4.74 Å². The molecule has 8 heteroatoms. The molecule has 0 spiro atoms. The topological polar surface area (TPSA) is 66.2 Å². The summed E-state index contributed by atoms with van der Waals surface area (Å²) in [5, 5.41) is 5.11. The van der Waals surface area contributed by atoms with Crippen LogP contribution in [0.25, 0.3) is 11.4 Å². The standard InChI is InChI=1S/C16H17Cl2N3O3/c1-2-23-7-8-24-16-19-14(12-6-5-11(17)9-13(12)18)21(20-16)15(22)10-3-4-10/h5-6,9-10H,2-4,7-8H2,1H3. The molecule has 24 heavy (non-hydrogen) atoms. The van der Waals surface area contributed by atoms with E-state index in [1.807, 2.05) is 6.92 Å². The minimum Gasteiger partial charge on any atom is -0.460 e. The van der Waals surface area contributed by atoms with Crippen molar-refractivity contribution >= 4 is 29.1 Å². The first-order valence-corrected chi connectivity index (χ1v) is 8.53. The number of carbonyl (C=O) groups is 1. The van der Waals surface area contributed by atoms with Gasteiger partial charge in [0.1, 0.15) is 6.61 Å². The summed E-state index contributed by atoms with van der Waals surface area (Å²) in [4.78, 5) is 16.8. The Labute approximate surface area is 149 Å². The second kappa shape index (κ2) is 7.51. The maximum Gasteiger partial charge on any atom is 0.336 e. The Bertz CT molecular complexity index is 744. The zero-order valence-corrected chi connectivity index (χ0v) is 14.7. The minimum absolute atomic E-state index is 0.00667. The molecular formula is C16H17Cl2N3O3. The molecular weight excluding hydrogens is 353 g/mol. The van der Waals surface area contributed by atoms with Crippen molar-refractivity contribution in [2.45, 2.75) is 19.8 Å². The molecule has 0 amide bonds. The van der Waals surface area contributed by atoms with Crippen LogP contribution in [0.1, 0.15) is 24.6 Å². The van der Waals surface area contributed by atoms with Crippen LogP contribution in [0, 0.1) is 5.92 Å². The molecule has 3 rings (SSSR count). The Morgan fingerprint density at radius 2 is 2.12 bits per heavy atom. The van der Waals surface area contributed by atoms with Gasteiger partial charge in [-0.1, -0.05) is 23.2 Å². The summed E-state index contributed by atoms with van der Waals surface area (Å²) >= 11 is 12.2. The lowest BCUT2D eigenvalue weighted by Crippen LogP contribution is -2.16. The number of nitrogens with zero attached hydrogens (tertiary/aromatic N) is 3. The number of hydrogen-bond acceptors (Lipinski definition) is 5. The summed E-state index contributed by atoms with van der Waals surface area (Å²) in [5.41, 5.74) is 0.585. The van der Waals surface area contributed by atoms with Crippen molar-refractivity contribution in [3.63, 3.8) is 0 Å². The van der Waals surface area contributed by atoms with Gasteiger partial charge in [-0.05, 0) is 38.0 Å². The fraction of sp³-hybridized carbons (Fsp3) is 0.438. The molecule has 1 aliphatic carbocycles. The molecule has 2 aromatic rings. The molecule has 0 saturated heterocycles. The molecule has 0 bridgehead atoms. The van der Waals surface area contributed by atoms with Crippen LogP contribution in [-0.4, -0.2) is 40.5 Å². The average Bonchev–Trinajstić information content (AvgIpc) is 3.32. The van der Waals surface area contributed by atoms with E-state index in [0.29, 0.717) is 41.3 Å². The zero-order chi connectivity index (χ0) is 17.1. The summed E-state index contributed by atoms with van der Waals surface area (Å²) < 4.78 is 12.0. The third-order valence-corrected chi connectivity index (χ3v) is 4.11. The molecule has 1 aromatic carbocycles. The van der Waals surface area contributed by atoms with E-state index in [4.69, 9.17) is 32.7 Å². The van der Waals surface area contributed by atoms with E-state index in [9.17, 15) is 4.79 Å². The molecule has 1 saturated carbocycles. The van der Waals surface area contributed by atoms with Crippen LogP contribution < -0.4 is 4.74 Å². The quantitative estimate of drug-likeness (QED) is 0.695. The third kappa shape index (κ3) is 3.88. The first-order valence-electron chi connectivity index (χ1n) is 7.77. The smallest absolute Gasteiger partial charge is 0.336 e. The number of aromatic nitrogens is 3. The van der Waals surface area contributed by atoms with Crippen molar-refractivity contribution in [3.05, 3.63) is 28.2 Å². The molecule has 0 aliphatic heterocycles. The molecule has 128 valence electrons. The first kappa shape index (κ1) is 17.2. The summed E-state index contributed by atoms with van der Waals surface area (Å²) in [6, 6.07) is 5.15. The van der Waals surface area contributed by atoms with Crippen LogP contribution in [0.2, 0.25) is 10.0 Å². The fourth-order valence-electron chi connectivity index (χ4n) is 2.19. The number of halogens is 2. The summed E-state index contributed by atoms with van der Waals surface area (Å²) in [7, 11) is 0. The molecule has 0 radical (unpaired) electrons. The number of carbonyl (C=O) groups excluding carboxylic acids is 1. The maximum absolute atomic E-state index is 12.5. The lowest BCUT2D eigenvalue weighted by Gasteiger charge is -2.05. The highest BCUT2D eigenvalue weighted by molar-refractivity contribution is 6.36. The van der Waals surface area contributed by atoms with Gasteiger partial charge in [0.15, 0.2) is 5.82 Å². The van der Waals surface area contributed by atoms with Gasteiger partial charge >= 0.3 is 6.01 Å². The van der Waals surface area contributed by atoms with Gasteiger partial charge in [-0.15, -0.1) is 5.10 Å². The Hall–Kier alpha value is -1.63. The predicted octanol–water partition coefficient (Wildman–Crippen LogP) is 3.72. The fourth-order valence-corrected chi connectivity index (χ4v) is 2.69. The lowest BCUT2D eigenvalue weighted by atomic mass is 10.2. The van der Waals surface area contributed by atoms with Crippen LogP contribution >= 0.6 is 23.2 Å². The van der Waals surface area contributed by atoms with E-state index in [2.05, 4.69) is 10.1 Å². The number of rotatable bonds is 7. The van der Waals surface area contributed by atoms with E-state index in [1.165, 1.54) is 4.68 Å². The lowest BCUT2D eigenvalue weighted by molar-refractivity contribution is 0.0865. The molecule has 1 aromatic heterocycles. The molecule has 1 fully saturated rings. The van der Waals surface area contributed by atoms with Crippen molar-refractivity contribution < 1.29 is 14.3 Å². The van der Waals surface area contributed by atoms with E-state index in [0.717, 1.165) is 12.8 Å². The van der Waals surface area contributed by atoms with Crippen LogP contribution in [0.3, 0.4) is 0 Å².